The van der Waals surface area contributed by atoms with Gasteiger partial charge in [0.1, 0.15) is 78.7 Å². The third kappa shape index (κ3) is 7.12. The number of carbonyl (C=O) groups is 1. The Hall–Kier alpha value is -1.43. The number of hydrogen-bond donors (Lipinski definition) is 10. The minimum Gasteiger partial charge on any atom is -0.461 e. The Labute approximate surface area is 386 Å². The highest BCUT2D eigenvalue weighted by molar-refractivity contribution is 5.82. The molecule has 4 saturated heterocycles. The number of aliphatic hydroxyl groups is 10. The largest absolute Gasteiger partial charge is 0.461 e. The van der Waals surface area contributed by atoms with Crippen molar-refractivity contribution in [2.75, 3.05) is 13.2 Å². The highest BCUT2D eigenvalue weighted by Gasteiger charge is 2.74. The number of hydrogen-bond acceptors (Lipinski definition) is 18. The van der Waals surface area contributed by atoms with E-state index in [0.717, 1.165) is 32.1 Å². The number of fused-ring (bicyclic) bond motifs is 7. The lowest BCUT2D eigenvalue weighted by atomic mass is 9.33. The van der Waals surface area contributed by atoms with Gasteiger partial charge in [0.15, 0.2) is 18.9 Å². The van der Waals surface area contributed by atoms with Gasteiger partial charge >= 0.3 is 5.97 Å². The summed E-state index contributed by atoms with van der Waals surface area (Å²) in [7, 11) is 0. The fraction of sp³-hybridized carbons (Fsp3) is 0.938. The van der Waals surface area contributed by atoms with Crippen molar-refractivity contribution in [3.8, 4) is 0 Å². The zero-order valence-electron chi connectivity index (χ0n) is 39.5. The molecule has 0 aromatic rings. The van der Waals surface area contributed by atoms with Crippen molar-refractivity contribution in [2.45, 2.75) is 217 Å². The topological polar surface area (TPSA) is 284 Å². The van der Waals surface area contributed by atoms with Gasteiger partial charge in [-0.3, -0.25) is 4.79 Å². The molecule has 8 fully saturated rings. The van der Waals surface area contributed by atoms with Crippen molar-refractivity contribution in [3.63, 3.8) is 0 Å². The third-order valence-electron chi connectivity index (χ3n) is 19.7. The van der Waals surface area contributed by atoms with Crippen molar-refractivity contribution in [2.24, 2.45) is 50.2 Å². The van der Waals surface area contributed by atoms with E-state index in [9.17, 15) is 55.9 Å². The average molecular weight is 941 g/mol. The van der Waals surface area contributed by atoms with Crippen LogP contribution in [0.1, 0.15) is 107 Å². The fourth-order valence-corrected chi connectivity index (χ4v) is 15.5. The Bertz CT molecular complexity index is 1860. The van der Waals surface area contributed by atoms with Crippen LogP contribution in [0.5, 0.6) is 0 Å². The quantitative estimate of drug-likeness (QED) is 0.0881. The first-order valence-electron chi connectivity index (χ1n) is 24.3. The first-order valence-corrected chi connectivity index (χ1v) is 24.3. The highest BCUT2D eigenvalue weighted by Crippen LogP contribution is 2.76. The number of carbonyl (C=O) groups excluding carboxylic acids is 1. The lowest BCUT2D eigenvalue weighted by molar-refractivity contribution is -0.382. The second kappa shape index (κ2) is 16.8. The summed E-state index contributed by atoms with van der Waals surface area (Å²) in [6.07, 6.45) is -16.5. The van der Waals surface area contributed by atoms with Crippen LogP contribution in [0.4, 0.5) is 0 Å². The maximum atomic E-state index is 13.8. The van der Waals surface area contributed by atoms with Gasteiger partial charge in [0.2, 0.25) is 0 Å². The molecule has 9 aliphatic rings. The van der Waals surface area contributed by atoms with Crippen LogP contribution in [0.15, 0.2) is 11.6 Å². The Morgan fingerprint density at radius 2 is 1.33 bits per heavy atom. The van der Waals surface area contributed by atoms with Crippen molar-refractivity contribution >= 4 is 5.97 Å². The summed E-state index contributed by atoms with van der Waals surface area (Å²) in [5.74, 6) is -0.00436. The van der Waals surface area contributed by atoms with Crippen LogP contribution in [-0.2, 0) is 38.0 Å². The van der Waals surface area contributed by atoms with E-state index in [2.05, 4.69) is 54.5 Å². The van der Waals surface area contributed by atoms with Crippen LogP contribution in [0.25, 0.3) is 0 Å². The zero-order valence-corrected chi connectivity index (χ0v) is 39.5. The van der Waals surface area contributed by atoms with Crippen LogP contribution >= 0.6 is 0 Å². The molecule has 4 heterocycles. The molecule has 18 nitrogen and oxygen atoms in total. The van der Waals surface area contributed by atoms with Gasteiger partial charge in [-0.25, -0.2) is 0 Å². The number of esters is 1. The second-order valence-electron chi connectivity index (χ2n) is 23.7. The molecular weight excluding hydrogens is 865 g/mol. The minimum absolute atomic E-state index is 0.101. The molecule has 4 saturated carbocycles. The van der Waals surface area contributed by atoms with Crippen molar-refractivity contribution in [1.29, 1.82) is 0 Å². The number of aliphatic hydroxyl groups excluding tert-OH is 10. The summed E-state index contributed by atoms with van der Waals surface area (Å²) in [4.78, 5) is 13.8. The van der Waals surface area contributed by atoms with Gasteiger partial charge in [0, 0.05) is 11.8 Å². The van der Waals surface area contributed by atoms with Gasteiger partial charge in [-0.05, 0) is 91.3 Å². The predicted molar refractivity (Wildman–Crippen MR) is 228 cm³/mol. The summed E-state index contributed by atoms with van der Waals surface area (Å²) < 4.78 is 42.5. The van der Waals surface area contributed by atoms with E-state index in [1.54, 1.807) is 0 Å². The van der Waals surface area contributed by atoms with Crippen molar-refractivity contribution in [1.82, 2.24) is 0 Å². The Kier molecular flexibility index (Phi) is 12.6. The van der Waals surface area contributed by atoms with Crippen molar-refractivity contribution < 1.29 is 89.0 Å². The average Bonchev–Trinajstić information content (AvgIpc) is 3.58. The molecular formula is C48H76O18. The van der Waals surface area contributed by atoms with E-state index < -0.39 is 128 Å². The van der Waals surface area contributed by atoms with Crippen LogP contribution in [0, 0.1) is 50.2 Å². The molecule has 376 valence electrons. The summed E-state index contributed by atoms with van der Waals surface area (Å²) in [6, 6.07) is 0. The SMILES string of the molecule is CC1OC(OCC2OC(OC3CCC4(C)C(CCC5(C)C4CC=C4C6CC(C)(C)C7CC6(C(=O)O7)C(O)CC45C)C3(C)C)C(OC3OC(CO)C(O)C(O)C3O)C(O)C2O)C(O)C(O)C1O. The molecule has 66 heavy (non-hydrogen) atoms. The first kappa shape index (κ1) is 49.5. The standard InChI is InChI=1S/C48H76O18/c1-20-30(51)33(54)36(57)39(61-20)60-19-24-32(53)35(56)38(66-40-37(58)34(55)31(52)23(18-49)62-40)41(63-24)64-28-12-13-45(6)25(44(28,4)5)11-14-46(7)26(45)10-9-21-22-15-43(2,3)29-17-48(22,42(59)65-29)27(50)16-47(21,46)8/h9,20,22-41,49-58H,10-19H2,1-8H3. The normalized spacial score (nSPS) is 56.2. The van der Waals surface area contributed by atoms with Gasteiger partial charge in [-0.2, -0.15) is 0 Å². The molecule has 0 aromatic carbocycles. The molecule has 18 heteroatoms. The molecule has 0 amide bonds. The second-order valence-corrected chi connectivity index (χ2v) is 23.7. The maximum absolute atomic E-state index is 13.8. The third-order valence-corrected chi connectivity index (χ3v) is 19.7. The highest BCUT2D eigenvalue weighted by atomic mass is 16.8. The molecule has 4 aliphatic heterocycles. The van der Waals surface area contributed by atoms with Crippen LogP contribution in [0.2, 0.25) is 0 Å². The molecule has 9 rings (SSSR count). The fourth-order valence-electron chi connectivity index (χ4n) is 15.5. The van der Waals surface area contributed by atoms with E-state index in [4.69, 9.17) is 33.2 Å². The molecule has 10 N–H and O–H groups in total. The van der Waals surface area contributed by atoms with Gasteiger partial charge in [-0.15, -0.1) is 0 Å². The van der Waals surface area contributed by atoms with Gasteiger partial charge < -0.3 is 84.2 Å². The predicted octanol–water partition coefficient (Wildman–Crippen LogP) is 0.155. The van der Waals surface area contributed by atoms with E-state index in [1.165, 1.54) is 12.5 Å². The molecule has 2 bridgehead atoms. The first-order chi connectivity index (χ1) is 30.8. The molecule has 25 unspecified atom stereocenters. The van der Waals surface area contributed by atoms with Crippen LogP contribution < -0.4 is 0 Å². The van der Waals surface area contributed by atoms with Crippen molar-refractivity contribution in [3.05, 3.63) is 11.6 Å². The smallest absolute Gasteiger partial charge is 0.315 e. The van der Waals surface area contributed by atoms with Crippen LogP contribution in [-0.4, -0.2) is 181 Å². The molecule has 1 spiro atoms. The Morgan fingerprint density at radius 1 is 0.682 bits per heavy atom. The summed E-state index contributed by atoms with van der Waals surface area (Å²) >= 11 is 0. The van der Waals surface area contributed by atoms with Crippen LogP contribution in [0.3, 0.4) is 0 Å². The molecule has 5 aliphatic carbocycles. The van der Waals surface area contributed by atoms with Gasteiger partial charge in [0.25, 0.3) is 0 Å². The Morgan fingerprint density at radius 3 is 2.03 bits per heavy atom. The Balaban J connectivity index is 0.979. The van der Waals surface area contributed by atoms with Gasteiger partial charge in [0.05, 0.1) is 31.5 Å². The number of allylic oxidation sites excluding steroid dienone is 2. The lowest BCUT2D eigenvalue weighted by Crippen LogP contribution is -2.68. The summed E-state index contributed by atoms with van der Waals surface area (Å²) in [5.41, 5.74) is -1.11. The zero-order chi connectivity index (χ0) is 48.0. The van der Waals surface area contributed by atoms with E-state index in [-0.39, 0.29) is 51.5 Å². The van der Waals surface area contributed by atoms with E-state index in [1.807, 2.05) is 0 Å². The van der Waals surface area contributed by atoms with E-state index in [0.29, 0.717) is 19.3 Å². The monoisotopic (exact) mass is 941 g/mol. The summed E-state index contributed by atoms with van der Waals surface area (Å²) in [5, 5.41) is 109. The lowest BCUT2D eigenvalue weighted by Gasteiger charge is -2.71. The summed E-state index contributed by atoms with van der Waals surface area (Å²) in [6.45, 7) is 16.1. The molecule has 0 aromatic heterocycles. The van der Waals surface area contributed by atoms with E-state index >= 15 is 0 Å². The molecule has 25 atom stereocenters. The number of ether oxygens (including phenoxy) is 7. The maximum Gasteiger partial charge on any atom is 0.315 e. The minimum atomic E-state index is -1.83. The number of rotatable bonds is 8. The molecule has 0 radical (unpaired) electrons. The van der Waals surface area contributed by atoms with Gasteiger partial charge in [-0.1, -0.05) is 60.1 Å².